The highest BCUT2D eigenvalue weighted by atomic mass is 35.5. The maximum absolute atomic E-state index is 6.21. The Morgan fingerprint density at radius 3 is 2.57 bits per heavy atom. The third kappa shape index (κ3) is 3.78. The van der Waals surface area contributed by atoms with Crippen LogP contribution in [0.1, 0.15) is 30.0 Å². The molecule has 4 nitrogen and oxygen atoms in total. The van der Waals surface area contributed by atoms with Crippen molar-refractivity contribution in [2.75, 3.05) is 0 Å². The van der Waals surface area contributed by atoms with Crippen molar-refractivity contribution in [1.82, 2.24) is 15.5 Å². The molecule has 0 fully saturated rings. The Kier molecular flexibility index (Phi) is 4.74. The second-order valence-corrected chi connectivity index (χ2v) is 5.90. The number of benzene rings is 2. The van der Waals surface area contributed by atoms with Gasteiger partial charge in [0.15, 0.2) is 0 Å². The lowest BCUT2D eigenvalue weighted by molar-refractivity contribution is 0.454. The standard InChI is InChI=1S/C18H18ClN3O/c1-12-7-9-14(10-8-12)18-22-21-17(23-18)11-20-13(2)15-5-3-4-6-16(15)19/h3-10,13,20H,11H2,1-2H3/t13-/m1/s1. The first-order chi connectivity index (χ1) is 11.1. The molecule has 0 saturated heterocycles. The number of nitrogens with zero attached hydrogens (tertiary/aromatic N) is 2. The average Bonchev–Trinajstić information content (AvgIpc) is 3.03. The molecule has 1 atom stereocenters. The Hall–Kier alpha value is -2.17. The third-order valence-corrected chi connectivity index (χ3v) is 4.04. The van der Waals surface area contributed by atoms with Crippen LogP contribution in [0.2, 0.25) is 5.02 Å². The molecule has 0 amide bonds. The molecular formula is C18H18ClN3O. The molecule has 0 aliphatic rings. The lowest BCUT2D eigenvalue weighted by Crippen LogP contribution is -2.18. The lowest BCUT2D eigenvalue weighted by atomic mass is 10.1. The molecule has 2 aromatic carbocycles. The number of aryl methyl sites for hydroxylation is 1. The smallest absolute Gasteiger partial charge is 0.247 e. The summed E-state index contributed by atoms with van der Waals surface area (Å²) in [6, 6.07) is 15.9. The largest absolute Gasteiger partial charge is 0.419 e. The van der Waals surface area contributed by atoms with E-state index >= 15 is 0 Å². The van der Waals surface area contributed by atoms with Gasteiger partial charge in [0, 0.05) is 16.6 Å². The van der Waals surface area contributed by atoms with Crippen molar-refractivity contribution in [2.45, 2.75) is 26.4 Å². The van der Waals surface area contributed by atoms with E-state index in [9.17, 15) is 0 Å². The lowest BCUT2D eigenvalue weighted by Gasteiger charge is -2.14. The van der Waals surface area contributed by atoms with E-state index in [1.807, 2.05) is 55.5 Å². The van der Waals surface area contributed by atoms with E-state index in [1.165, 1.54) is 5.56 Å². The highest BCUT2D eigenvalue weighted by Gasteiger charge is 2.12. The molecule has 0 saturated carbocycles. The minimum absolute atomic E-state index is 0.0958. The van der Waals surface area contributed by atoms with Gasteiger partial charge >= 0.3 is 0 Å². The Morgan fingerprint density at radius 2 is 1.83 bits per heavy atom. The maximum atomic E-state index is 6.21. The normalized spacial score (nSPS) is 12.3. The minimum atomic E-state index is 0.0958. The zero-order chi connectivity index (χ0) is 16.2. The van der Waals surface area contributed by atoms with Gasteiger partial charge in [-0.15, -0.1) is 10.2 Å². The second kappa shape index (κ2) is 6.94. The van der Waals surface area contributed by atoms with Crippen LogP contribution in [-0.2, 0) is 6.54 Å². The predicted octanol–water partition coefficient (Wildman–Crippen LogP) is 4.55. The molecule has 1 heterocycles. The van der Waals surface area contributed by atoms with Crippen LogP contribution in [0.5, 0.6) is 0 Å². The zero-order valence-electron chi connectivity index (χ0n) is 13.1. The van der Waals surface area contributed by atoms with E-state index in [4.69, 9.17) is 16.0 Å². The molecule has 1 N–H and O–H groups in total. The first kappa shape index (κ1) is 15.7. The Labute approximate surface area is 140 Å². The van der Waals surface area contributed by atoms with Crippen LogP contribution in [0.15, 0.2) is 52.9 Å². The summed E-state index contributed by atoms with van der Waals surface area (Å²) in [6.07, 6.45) is 0. The number of rotatable bonds is 5. The molecular weight excluding hydrogens is 310 g/mol. The van der Waals surface area contributed by atoms with Gasteiger partial charge < -0.3 is 9.73 Å². The topological polar surface area (TPSA) is 51.0 Å². The van der Waals surface area contributed by atoms with Crippen LogP contribution in [-0.4, -0.2) is 10.2 Å². The van der Waals surface area contributed by atoms with E-state index in [0.29, 0.717) is 18.3 Å². The monoisotopic (exact) mass is 327 g/mol. The van der Waals surface area contributed by atoms with Gasteiger partial charge in [0.25, 0.3) is 0 Å². The third-order valence-electron chi connectivity index (χ3n) is 3.70. The van der Waals surface area contributed by atoms with Crippen molar-refractivity contribution in [3.8, 4) is 11.5 Å². The maximum Gasteiger partial charge on any atom is 0.247 e. The van der Waals surface area contributed by atoms with E-state index < -0.39 is 0 Å². The molecule has 0 radical (unpaired) electrons. The summed E-state index contributed by atoms with van der Waals surface area (Å²) >= 11 is 6.21. The van der Waals surface area contributed by atoms with Gasteiger partial charge in [-0.3, -0.25) is 0 Å². The number of aromatic nitrogens is 2. The molecule has 23 heavy (non-hydrogen) atoms. The second-order valence-electron chi connectivity index (χ2n) is 5.49. The quantitative estimate of drug-likeness (QED) is 0.747. The van der Waals surface area contributed by atoms with Gasteiger partial charge in [0.1, 0.15) is 0 Å². The van der Waals surface area contributed by atoms with Crippen LogP contribution >= 0.6 is 11.6 Å². The van der Waals surface area contributed by atoms with E-state index in [0.717, 1.165) is 16.1 Å². The van der Waals surface area contributed by atoms with Crippen LogP contribution in [0, 0.1) is 6.92 Å². The molecule has 0 aliphatic heterocycles. The van der Waals surface area contributed by atoms with Gasteiger partial charge in [0.05, 0.1) is 6.54 Å². The summed E-state index contributed by atoms with van der Waals surface area (Å²) in [5.41, 5.74) is 3.17. The molecule has 0 aliphatic carbocycles. The summed E-state index contributed by atoms with van der Waals surface area (Å²) < 4.78 is 5.71. The Morgan fingerprint density at radius 1 is 1.09 bits per heavy atom. The van der Waals surface area contributed by atoms with Crippen molar-refractivity contribution in [2.24, 2.45) is 0 Å². The SMILES string of the molecule is Cc1ccc(-c2nnc(CN[C@H](C)c3ccccc3Cl)o2)cc1. The molecule has 0 unspecified atom stereocenters. The van der Waals surface area contributed by atoms with E-state index in [2.05, 4.69) is 22.4 Å². The summed E-state index contributed by atoms with van der Waals surface area (Å²) in [7, 11) is 0. The molecule has 118 valence electrons. The highest BCUT2D eigenvalue weighted by molar-refractivity contribution is 6.31. The van der Waals surface area contributed by atoms with Crippen LogP contribution in [0.3, 0.4) is 0 Å². The van der Waals surface area contributed by atoms with Crippen LogP contribution < -0.4 is 5.32 Å². The molecule has 0 spiro atoms. The minimum Gasteiger partial charge on any atom is -0.419 e. The van der Waals surface area contributed by atoms with E-state index in [-0.39, 0.29) is 6.04 Å². The van der Waals surface area contributed by atoms with Crippen molar-refractivity contribution in [3.63, 3.8) is 0 Å². The van der Waals surface area contributed by atoms with Gasteiger partial charge in [-0.1, -0.05) is 47.5 Å². The summed E-state index contributed by atoms with van der Waals surface area (Å²) in [4.78, 5) is 0. The van der Waals surface area contributed by atoms with Gasteiger partial charge in [-0.25, -0.2) is 0 Å². The van der Waals surface area contributed by atoms with Crippen molar-refractivity contribution in [3.05, 3.63) is 70.6 Å². The highest BCUT2D eigenvalue weighted by Crippen LogP contribution is 2.23. The Balaban J connectivity index is 1.65. The molecule has 5 heteroatoms. The fourth-order valence-corrected chi connectivity index (χ4v) is 2.61. The molecule has 3 rings (SSSR count). The van der Waals surface area contributed by atoms with Gasteiger partial charge in [-0.05, 0) is 37.6 Å². The first-order valence-electron chi connectivity index (χ1n) is 7.50. The summed E-state index contributed by atoms with van der Waals surface area (Å²) in [5.74, 6) is 1.09. The number of hydrogen-bond donors (Lipinski definition) is 1. The van der Waals surface area contributed by atoms with Crippen molar-refractivity contribution < 1.29 is 4.42 Å². The van der Waals surface area contributed by atoms with Gasteiger partial charge in [0.2, 0.25) is 11.8 Å². The van der Waals surface area contributed by atoms with Crippen LogP contribution in [0.4, 0.5) is 0 Å². The number of nitrogens with one attached hydrogen (secondary N) is 1. The summed E-state index contributed by atoms with van der Waals surface area (Å²) in [6.45, 7) is 4.59. The Bertz CT molecular complexity index is 783. The molecule has 3 aromatic rings. The fourth-order valence-electron chi connectivity index (χ4n) is 2.31. The summed E-state index contributed by atoms with van der Waals surface area (Å²) in [5, 5.41) is 12.3. The predicted molar refractivity (Wildman–Crippen MR) is 91.2 cm³/mol. The number of halogens is 1. The number of hydrogen-bond acceptors (Lipinski definition) is 4. The van der Waals surface area contributed by atoms with Crippen molar-refractivity contribution >= 4 is 11.6 Å². The molecule has 1 aromatic heterocycles. The molecule has 0 bridgehead atoms. The van der Waals surface area contributed by atoms with Crippen molar-refractivity contribution in [1.29, 1.82) is 0 Å². The average molecular weight is 328 g/mol. The van der Waals surface area contributed by atoms with Crippen LogP contribution in [0.25, 0.3) is 11.5 Å². The first-order valence-corrected chi connectivity index (χ1v) is 7.88. The zero-order valence-corrected chi connectivity index (χ0v) is 13.8. The van der Waals surface area contributed by atoms with Gasteiger partial charge in [-0.2, -0.15) is 0 Å². The van der Waals surface area contributed by atoms with E-state index in [1.54, 1.807) is 0 Å². The fraction of sp³-hybridized carbons (Fsp3) is 0.222.